The first-order valence-electron chi connectivity index (χ1n) is 4.72. The molecule has 0 atom stereocenters. The first-order chi connectivity index (χ1) is 7.77. The molecule has 0 saturated heterocycles. The molecule has 0 radical (unpaired) electrons. The number of aromatic nitrogens is 1. The Labute approximate surface area is 93.4 Å². The van der Waals surface area contributed by atoms with E-state index in [1.807, 2.05) is 0 Å². The van der Waals surface area contributed by atoms with Crippen LogP contribution < -0.4 is 5.32 Å². The average molecular weight is 217 g/mol. The van der Waals surface area contributed by atoms with E-state index < -0.39 is 5.97 Å². The van der Waals surface area contributed by atoms with Crippen LogP contribution in [0.4, 0.5) is 5.69 Å². The Bertz CT molecular complexity index is 421. The second-order valence-electron chi connectivity index (χ2n) is 2.78. The molecule has 1 aromatic heterocycles. The second kappa shape index (κ2) is 6.19. The Morgan fingerprint density at radius 2 is 2.56 bits per heavy atom. The Balaban J connectivity index is 2.68. The normalized spacial score (nSPS) is 10.4. The molecule has 0 bridgehead atoms. The standard InChI is InChI=1S/C11H11N3O2/c1-2-16-11(15)9(6-12)7-14-10-4-3-5-13-8-10/h3-5,7-8,14H,2H2,1H3. The van der Waals surface area contributed by atoms with E-state index in [1.165, 1.54) is 6.20 Å². The Morgan fingerprint density at radius 3 is 3.12 bits per heavy atom. The van der Waals surface area contributed by atoms with E-state index in [9.17, 15) is 4.79 Å². The molecule has 0 spiro atoms. The Morgan fingerprint density at radius 1 is 1.75 bits per heavy atom. The highest BCUT2D eigenvalue weighted by Crippen LogP contribution is 2.04. The molecule has 0 aliphatic heterocycles. The predicted molar refractivity (Wildman–Crippen MR) is 58.2 cm³/mol. The Hall–Kier alpha value is -2.35. The van der Waals surface area contributed by atoms with Crippen molar-refractivity contribution in [3.8, 4) is 6.07 Å². The van der Waals surface area contributed by atoms with Gasteiger partial charge in [-0.3, -0.25) is 4.98 Å². The van der Waals surface area contributed by atoms with E-state index in [2.05, 4.69) is 10.3 Å². The summed E-state index contributed by atoms with van der Waals surface area (Å²) in [5.41, 5.74) is 0.616. The largest absolute Gasteiger partial charge is 0.462 e. The molecular formula is C11H11N3O2. The van der Waals surface area contributed by atoms with E-state index in [1.54, 1.807) is 37.5 Å². The molecule has 0 unspecified atom stereocenters. The summed E-state index contributed by atoms with van der Waals surface area (Å²) in [5.74, 6) is -0.638. The number of hydrogen-bond acceptors (Lipinski definition) is 5. The van der Waals surface area contributed by atoms with Gasteiger partial charge in [0.2, 0.25) is 0 Å². The molecule has 0 aliphatic carbocycles. The quantitative estimate of drug-likeness (QED) is 0.469. The first kappa shape index (κ1) is 11.7. The number of hydrogen-bond donors (Lipinski definition) is 1. The van der Waals surface area contributed by atoms with Crippen molar-refractivity contribution in [1.29, 1.82) is 5.26 Å². The summed E-state index contributed by atoms with van der Waals surface area (Å²) < 4.78 is 4.70. The van der Waals surface area contributed by atoms with Crippen molar-refractivity contribution in [2.24, 2.45) is 0 Å². The van der Waals surface area contributed by atoms with Crippen LogP contribution in [0.2, 0.25) is 0 Å². The number of nitriles is 1. The minimum atomic E-state index is -0.638. The van der Waals surface area contributed by atoms with Crippen LogP contribution in [0.5, 0.6) is 0 Å². The van der Waals surface area contributed by atoms with Gasteiger partial charge in [0.1, 0.15) is 6.07 Å². The van der Waals surface area contributed by atoms with Crippen LogP contribution in [-0.2, 0) is 9.53 Å². The fourth-order valence-corrected chi connectivity index (χ4v) is 0.949. The lowest BCUT2D eigenvalue weighted by molar-refractivity contribution is -0.138. The van der Waals surface area contributed by atoms with E-state index in [0.29, 0.717) is 5.69 Å². The predicted octanol–water partition coefficient (Wildman–Crippen LogP) is 1.46. The van der Waals surface area contributed by atoms with Gasteiger partial charge >= 0.3 is 5.97 Å². The molecule has 1 N–H and O–H groups in total. The van der Waals surface area contributed by atoms with Crippen LogP contribution in [0.3, 0.4) is 0 Å². The fourth-order valence-electron chi connectivity index (χ4n) is 0.949. The molecule has 0 fully saturated rings. The molecule has 5 nitrogen and oxygen atoms in total. The summed E-state index contributed by atoms with van der Waals surface area (Å²) in [7, 11) is 0. The van der Waals surface area contributed by atoms with Gasteiger partial charge in [-0.15, -0.1) is 0 Å². The summed E-state index contributed by atoms with van der Waals surface area (Å²) in [6.07, 6.45) is 4.51. The van der Waals surface area contributed by atoms with Gasteiger partial charge in [-0.25, -0.2) is 4.79 Å². The Kier molecular flexibility index (Phi) is 4.54. The monoisotopic (exact) mass is 217 g/mol. The summed E-state index contributed by atoms with van der Waals surface area (Å²) in [4.78, 5) is 15.1. The number of rotatable bonds is 4. The number of ether oxygens (including phenoxy) is 1. The highest BCUT2D eigenvalue weighted by Gasteiger charge is 2.08. The maximum Gasteiger partial charge on any atom is 0.350 e. The van der Waals surface area contributed by atoms with Crippen molar-refractivity contribution in [2.75, 3.05) is 11.9 Å². The first-order valence-corrected chi connectivity index (χ1v) is 4.72. The number of pyridine rings is 1. The molecule has 0 aromatic carbocycles. The molecule has 1 heterocycles. The van der Waals surface area contributed by atoms with Crippen LogP contribution in [0.25, 0.3) is 0 Å². The van der Waals surface area contributed by atoms with Crippen molar-refractivity contribution < 1.29 is 9.53 Å². The van der Waals surface area contributed by atoms with E-state index in [-0.39, 0.29) is 12.2 Å². The topological polar surface area (TPSA) is 75.0 Å². The van der Waals surface area contributed by atoms with Gasteiger partial charge in [0.25, 0.3) is 0 Å². The third kappa shape index (κ3) is 3.42. The molecule has 16 heavy (non-hydrogen) atoms. The molecule has 82 valence electrons. The van der Waals surface area contributed by atoms with Crippen molar-refractivity contribution in [2.45, 2.75) is 6.92 Å². The minimum absolute atomic E-state index is 0.0781. The zero-order valence-electron chi connectivity index (χ0n) is 8.80. The lowest BCUT2D eigenvalue weighted by Gasteiger charge is -2.01. The van der Waals surface area contributed by atoms with Crippen molar-refractivity contribution >= 4 is 11.7 Å². The smallest absolute Gasteiger partial charge is 0.350 e. The molecule has 0 saturated carbocycles. The van der Waals surface area contributed by atoms with Gasteiger partial charge in [-0.2, -0.15) is 5.26 Å². The minimum Gasteiger partial charge on any atom is -0.462 e. The fraction of sp³-hybridized carbons (Fsp3) is 0.182. The van der Waals surface area contributed by atoms with Gasteiger partial charge in [-0.05, 0) is 19.1 Å². The SMILES string of the molecule is CCOC(=O)C(C#N)=CNc1cccnc1. The van der Waals surface area contributed by atoms with Crippen molar-refractivity contribution in [3.63, 3.8) is 0 Å². The number of carbonyl (C=O) groups excluding carboxylic acids is 1. The molecule has 1 rings (SSSR count). The highest BCUT2D eigenvalue weighted by molar-refractivity contribution is 5.93. The molecule has 0 aliphatic rings. The summed E-state index contributed by atoms with van der Waals surface area (Å²) in [6, 6.07) is 5.27. The molecule has 0 amide bonds. The van der Waals surface area contributed by atoms with Crippen LogP contribution in [0.1, 0.15) is 6.92 Å². The third-order valence-electron chi connectivity index (χ3n) is 1.66. The highest BCUT2D eigenvalue weighted by atomic mass is 16.5. The van der Waals surface area contributed by atoms with Crippen molar-refractivity contribution in [3.05, 3.63) is 36.3 Å². The van der Waals surface area contributed by atoms with Gasteiger partial charge < -0.3 is 10.1 Å². The van der Waals surface area contributed by atoms with E-state index in [0.717, 1.165) is 0 Å². The maximum atomic E-state index is 11.2. The number of anilines is 1. The van der Waals surface area contributed by atoms with Crippen LogP contribution in [0, 0.1) is 11.3 Å². The van der Waals surface area contributed by atoms with Crippen LogP contribution >= 0.6 is 0 Å². The number of nitrogens with zero attached hydrogens (tertiary/aromatic N) is 2. The molecular weight excluding hydrogens is 206 g/mol. The lowest BCUT2D eigenvalue weighted by atomic mass is 10.3. The lowest BCUT2D eigenvalue weighted by Crippen LogP contribution is -2.07. The second-order valence-corrected chi connectivity index (χ2v) is 2.78. The zero-order chi connectivity index (χ0) is 11.8. The summed E-state index contributed by atoms with van der Waals surface area (Å²) in [5, 5.41) is 11.5. The average Bonchev–Trinajstić information content (AvgIpc) is 2.31. The van der Waals surface area contributed by atoms with Crippen LogP contribution in [0.15, 0.2) is 36.3 Å². The van der Waals surface area contributed by atoms with Gasteiger partial charge in [0.15, 0.2) is 5.57 Å². The number of nitrogens with one attached hydrogen (secondary N) is 1. The maximum absolute atomic E-state index is 11.2. The van der Waals surface area contributed by atoms with Gasteiger partial charge in [-0.1, -0.05) is 0 Å². The summed E-state index contributed by atoms with van der Waals surface area (Å²) >= 11 is 0. The number of carbonyl (C=O) groups is 1. The molecule has 5 heteroatoms. The van der Waals surface area contributed by atoms with Crippen molar-refractivity contribution in [1.82, 2.24) is 4.98 Å². The molecule has 1 aromatic rings. The van der Waals surface area contributed by atoms with E-state index in [4.69, 9.17) is 10.00 Å². The van der Waals surface area contributed by atoms with Gasteiger partial charge in [0, 0.05) is 12.4 Å². The number of esters is 1. The zero-order valence-corrected chi connectivity index (χ0v) is 8.80. The summed E-state index contributed by atoms with van der Waals surface area (Å²) in [6.45, 7) is 1.92. The van der Waals surface area contributed by atoms with Gasteiger partial charge in [0.05, 0.1) is 18.5 Å². The third-order valence-corrected chi connectivity index (χ3v) is 1.66. The van der Waals surface area contributed by atoms with E-state index >= 15 is 0 Å². The van der Waals surface area contributed by atoms with Crippen LogP contribution in [-0.4, -0.2) is 17.6 Å².